The van der Waals surface area contributed by atoms with Gasteiger partial charge in [-0.2, -0.15) is 0 Å². The summed E-state index contributed by atoms with van der Waals surface area (Å²) in [5.41, 5.74) is 3.61. The van der Waals surface area contributed by atoms with Crippen molar-refractivity contribution in [2.45, 2.75) is 39.4 Å². The number of urea groups is 1. The maximum atomic E-state index is 12.4. The van der Waals surface area contributed by atoms with Crippen LogP contribution in [-0.2, 0) is 19.5 Å². The van der Waals surface area contributed by atoms with Crippen molar-refractivity contribution >= 4 is 6.03 Å². The minimum atomic E-state index is -0.137. The number of carbonyl (C=O) groups excluding carboxylic acids is 1. The average molecular weight is 425 g/mol. The number of benzene rings is 2. The van der Waals surface area contributed by atoms with Crippen molar-refractivity contribution in [2.24, 2.45) is 0 Å². The molecule has 0 saturated carbocycles. The lowest BCUT2D eigenvalue weighted by atomic mass is 10.1. The monoisotopic (exact) mass is 424 g/mol. The standard InChI is InChI=1S/C25H36N4O2/c1-4-28-12-14-29(15-13-28)19-23-10-6-5-9-22(23)18-26-25(30)27-20(2)16-21-8-7-11-24(17-21)31-3/h5-11,17,20H,4,12-16,18-19H2,1-3H3,(H2,26,27,30). The van der Waals surface area contributed by atoms with Gasteiger partial charge in [0.25, 0.3) is 0 Å². The van der Waals surface area contributed by atoms with E-state index < -0.39 is 0 Å². The van der Waals surface area contributed by atoms with E-state index in [2.05, 4.69) is 51.6 Å². The number of methoxy groups -OCH3 is 1. The Balaban J connectivity index is 1.47. The molecule has 1 aliphatic rings. The summed E-state index contributed by atoms with van der Waals surface area (Å²) in [6, 6.07) is 16.2. The molecule has 0 aliphatic carbocycles. The molecule has 3 rings (SSSR count). The maximum absolute atomic E-state index is 12.4. The molecule has 2 aromatic rings. The highest BCUT2D eigenvalue weighted by Crippen LogP contribution is 2.15. The molecule has 6 nitrogen and oxygen atoms in total. The predicted octanol–water partition coefficient (Wildman–Crippen LogP) is 3.26. The summed E-state index contributed by atoms with van der Waals surface area (Å²) in [5, 5.41) is 6.07. The zero-order valence-corrected chi connectivity index (χ0v) is 19.1. The van der Waals surface area contributed by atoms with Crippen LogP contribution >= 0.6 is 0 Å². The van der Waals surface area contributed by atoms with Gasteiger partial charge in [0, 0.05) is 45.3 Å². The van der Waals surface area contributed by atoms with Gasteiger partial charge < -0.3 is 20.3 Å². The largest absolute Gasteiger partial charge is 0.497 e. The number of likely N-dealkylation sites (N-methyl/N-ethyl adjacent to an activating group) is 1. The van der Waals surface area contributed by atoms with E-state index in [0.29, 0.717) is 6.54 Å². The highest BCUT2D eigenvalue weighted by Gasteiger charge is 2.17. The molecular weight excluding hydrogens is 388 g/mol. The normalized spacial score (nSPS) is 16.0. The van der Waals surface area contributed by atoms with Crippen LogP contribution in [0.1, 0.15) is 30.5 Å². The fraction of sp³-hybridized carbons (Fsp3) is 0.480. The molecule has 31 heavy (non-hydrogen) atoms. The molecule has 2 N–H and O–H groups in total. The van der Waals surface area contributed by atoms with E-state index in [1.165, 1.54) is 11.1 Å². The molecule has 1 aliphatic heterocycles. The number of piperazine rings is 1. The predicted molar refractivity (Wildman–Crippen MR) is 125 cm³/mol. The third-order valence-electron chi connectivity index (χ3n) is 5.92. The van der Waals surface area contributed by atoms with Crippen LogP contribution in [0.3, 0.4) is 0 Å². The third kappa shape index (κ3) is 7.26. The van der Waals surface area contributed by atoms with Crippen LogP contribution in [-0.4, -0.2) is 61.7 Å². The summed E-state index contributed by atoms with van der Waals surface area (Å²) in [7, 11) is 1.66. The van der Waals surface area contributed by atoms with Gasteiger partial charge in [-0.1, -0.05) is 43.3 Å². The maximum Gasteiger partial charge on any atom is 0.315 e. The van der Waals surface area contributed by atoms with E-state index in [1.807, 2.05) is 31.2 Å². The smallest absolute Gasteiger partial charge is 0.315 e. The van der Waals surface area contributed by atoms with Gasteiger partial charge in [-0.3, -0.25) is 4.90 Å². The van der Waals surface area contributed by atoms with Crippen molar-refractivity contribution in [3.63, 3.8) is 0 Å². The van der Waals surface area contributed by atoms with Gasteiger partial charge in [0.15, 0.2) is 0 Å². The molecule has 0 aromatic heterocycles. The van der Waals surface area contributed by atoms with E-state index in [0.717, 1.165) is 57.0 Å². The lowest BCUT2D eigenvalue weighted by Gasteiger charge is -2.34. The first kappa shape index (κ1) is 23.1. The molecule has 0 bridgehead atoms. The topological polar surface area (TPSA) is 56.8 Å². The van der Waals surface area contributed by atoms with Crippen LogP contribution in [0.2, 0.25) is 0 Å². The first-order valence-electron chi connectivity index (χ1n) is 11.3. The number of rotatable bonds is 9. The minimum absolute atomic E-state index is 0.0252. The van der Waals surface area contributed by atoms with Gasteiger partial charge in [-0.05, 0) is 48.7 Å². The second-order valence-corrected chi connectivity index (χ2v) is 8.26. The molecule has 0 radical (unpaired) electrons. The second-order valence-electron chi connectivity index (χ2n) is 8.26. The Morgan fingerprint density at radius 1 is 1.03 bits per heavy atom. The highest BCUT2D eigenvalue weighted by molar-refractivity contribution is 5.74. The van der Waals surface area contributed by atoms with Crippen molar-refractivity contribution in [1.29, 1.82) is 0 Å². The molecule has 1 saturated heterocycles. The fourth-order valence-electron chi connectivity index (χ4n) is 4.04. The van der Waals surface area contributed by atoms with E-state index >= 15 is 0 Å². The van der Waals surface area contributed by atoms with Crippen molar-refractivity contribution in [2.75, 3.05) is 39.8 Å². The van der Waals surface area contributed by atoms with E-state index in [1.54, 1.807) is 7.11 Å². The molecule has 2 amide bonds. The Morgan fingerprint density at radius 3 is 2.45 bits per heavy atom. The summed E-state index contributed by atoms with van der Waals surface area (Å²) in [6.45, 7) is 11.3. The van der Waals surface area contributed by atoms with Crippen LogP contribution in [0.15, 0.2) is 48.5 Å². The molecule has 1 heterocycles. The van der Waals surface area contributed by atoms with Crippen molar-refractivity contribution in [1.82, 2.24) is 20.4 Å². The fourth-order valence-corrected chi connectivity index (χ4v) is 4.04. The first-order chi connectivity index (χ1) is 15.1. The average Bonchev–Trinajstić information content (AvgIpc) is 2.79. The van der Waals surface area contributed by atoms with E-state index in [9.17, 15) is 4.79 Å². The van der Waals surface area contributed by atoms with Crippen molar-refractivity contribution in [3.05, 3.63) is 65.2 Å². The molecular formula is C25H36N4O2. The van der Waals surface area contributed by atoms with Crippen LogP contribution in [0.5, 0.6) is 5.75 Å². The molecule has 1 unspecified atom stereocenters. The zero-order valence-electron chi connectivity index (χ0n) is 19.1. The molecule has 2 aromatic carbocycles. The number of nitrogens with zero attached hydrogens (tertiary/aromatic N) is 2. The molecule has 6 heteroatoms. The van der Waals surface area contributed by atoms with Crippen LogP contribution in [0.4, 0.5) is 4.79 Å². The highest BCUT2D eigenvalue weighted by atomic mass is 16.5. The number of carbonyl (C=O) groups is 1. The van der Waals surface area contributed by atoms with Gasteiger partial charge in [-0.15, -0.1) is 0 Å². The Kier molecular flexibility index (Phi) is 8.74. The summed E-state index contributed by atoms with van der Waals surface area (Å²) >= 11 is 0. The summed E-state index contributed by atoms with van der Waals surface area (Å²) < 4.78 is 5.28. The molecule has 1 atom stereocenters. The zero-order chi connectivity index (χ0) is 22.1. The Bertz CT molecular complexity index is 834. The van der Waals surface area contributed by atoms with Gasteiger partial charge in [0.1, 0.15) is 5.75 Å². The lowest BCUT2D eigenvalue weighted by Crippen LogP contribution is -2.45. The number of nitrogens with one attached hydrogen (secondary N) is 2. The number of hydrogen-bond donors (Lipinski definition) is 2. The molecule has 1 fully saturated rings. The lowest BCUT2D eigenvalue weighted by molar-refractivity contribution is 0.131. The van der Waals surface area contributed by atoms with Crippen LogP contribution < -0.4 is 15.4 Å². The van der Waals surface area contributed by atoms with Gasteiger partial charge >= 0.3 is 6.03 Å². The Morgan fingerprint density at radius 2 is 1.74 bits per heavy atom. The second kappa shape index (κ2) is 11.7. The van der Waals surface area contributed by atoms with Gasteiger partial charge in [0.2, 0.25) is 0 Å². The summed E-state index contributed by atoms with van der Waals surface area (Å²) in [6.07, 6.45) is 0.755. The van der Waals surface area contributed by atoms with Crippen LogP contribution in [0, 0.1) is 0 Å². The quantitative estimate of drug-likeness (QED) is 0.649. The van der Waals surface area contributed by atoms with E-state index in [4.69, 9.17) is 4.74 Å². The summed E-state index contributed by atoms with van der Waals surface area (Å²) in [5.74, 6) is 0.835. The number of amides is 2. The summed E-state index contributed by atoms with van der Waals surface area (Å²) in [4.78, 5) is 17.4. The SMILES string of the molecule is CCN1CCN(Cc2ccccc2CNC(=O)NC(C)Cc2cccc(OC)c2)CC1. The third-order valence-corrected chi connectivity index (χ3v) is 5.92. The van der Waals surface area contributed by atoms with Gasteiger partial charge in [-0.25, -0.2) is 4.79 Å². The Labute approximate surface area is 186 Å². The molecule has 168 valence electrons. The molecule has 0 spiro atoms. The number of ether oxygens (including phenoxy) is 1. The van der Waals surface area contributed by atoms with E-state index in [-0.39, 0.29) is 12.1 Å². The number of hydrogen-bond acceptors (Lipinski definition) is 4. The van der Waals surface area contributed by atoms with Crippen molar-refractivity contribution in [3.8, 4) is 5.75 Å². The van der Waals surface area contributed by atoms with Gasteiger partial charge in [0.05, 0.1) is 7.11 Å². The first-order valence-corrected chi connectivity index (χ1v) is 11.3. The minimum Gasteiger partial charge on any atom is -0.497 e. The van der Waals surface area contributed by atoms with Crippen molar-refractivity contribution < 1.29 is 9.53 Å². The van der Waals surface area contributed by atoms with Crippen LogP contribution in [0.25, 0.3) is 0 Å². The Hall–Kier alpha value is -2.57.